The van der Waals surface area contributed by atoms with Crippen LogP contribution in [0.25, 0.3) is 16.9 Å². The van der Waals surface area contributed by atoms with E-state index in [9.17, 15) is 17.6 Å². The van der Waals surface area contributed by atoms with Crippen LogP contribution in [0.2, 0.25) is 0 Å². The maximum absolute atomic E-state index is 13.8. The molecule has 0 aliphatic carbocycles. The van der Waals surface area contributed by atoms with Crippen molar-refractivity contribution < 1.29 is 22.3 Å². The molecule has 30 heavy (non-hydrogen) atoms. The molecule has 4 rings (SSSR count). The summed E-state index contributed by atoms with van der Waals surface area (Å²) in [6, 6.07) is 11.0. The SMILES string of the molecule is Cc1nc2cc(F)c(F)cc2n1-c1cc(N)cc(Nc2ccc(OC(F)F)cc2)n1. The third-order valence-corrected chi connectivity index (χ3v) is 4.28. The van der Waals surface area contributed by atoms with Crippen molar-refractivity contribution >= 4 is 28.2 Å². The number of rotatable bonds is 5. The van der Waals surface area contributed by atoms with Crippen LogP contribution in [0.15, 0.2) is 48.5 Å². The first-order valence-corrected chi connectivity index (χ1v) is 8.74. The molecule has 0 amide bonds. The van der Waals surface area contributed by atoms with Gasteiger partial charge < -0.3 is 15.8 Å². The minimum absolute atomic E-state index is 0.0199. The first-order chi connectivity index (χ1) is 14.3. The predicted octanol–water partition coefficient (Wildman–Crippen LogP) is 4.93. The van der Waals surface area contributed by atoms with Crippen LogP contribution in [0.3, 0.4) is 0 Å². The van der Waals surface area contributed by atoms with Crippen molar-refractivity contribution in [2.45, 2.75) is 13.5 Å². The van der Waals surface area contributed by atoms with E-state index < -0.39 is 18.2 Å². The summed E-state index contributed by atoms with van der Waals surface area (Å²) in [5, 5.41) is 3.01. The second-order valence-corrected chi connectivity index (χ2v) is 6.42. The largest absolute Gasteiger partial charge is 0.435 e. The molecule has 2 heterocycles. The maximum atomic E-state index is 13.8. The number of hydrogen-bond donors (Lipinski definition) is 2. The van der Waals surface area contributed by atoms with E-state index in [1.807, 2.05) is 0 Å². The number of ether oxygens (including phenoxy) is 1. The third kappa shape index (κ3) is 3.84. The number of nitrogens with zero attached hydrogens (tertiary/aromatic N) is 3. The highest BCUT2D eigenvalue weighted by atomic mass is 19.3. The van der Waals surface area contributed by atoms with E-state index in [-0.39, 0.29) is 11.3 Å². The van der Waals surface area contributed by atoms with Crippen molar-refractivity contribution in [2.75, 3.05) is 11.1 Å². The molecule has 0 bridgehead atoms. The molecule has 154 valence electrons. The zero-order valence-corrected chi connectivity index (χ0v) is 15.5. The molecule has 4 aromatic rings. The molecule has 0 aliphatic heterocycles. The molecule has 0 radical (unpaired) electrons. The molecule has 10 heteroatoms. The Labute approximate surface area is 167 Å². The van der Waals surface area contributed by atoms with Crippen molar-refractivity contribution in [2.24, 2.45) is 0 Å². The molecular weight excluding hydrogens is 402 g/mol. The van der Waals surface area contributed by atoms with Gasteiger partial charge in [-0.2, -0.15) is 8.78 Å². The van der Waals surface area contributed by atoms with E-state index in [0.717, 1.165) is 12.1 Å². The van der Waals surface area contributed by atoms with E-state index in [1.165, 1.54) is 24.3 Å². The summed E-state index contributed by atoms with van der Waals surface area (Å²) in [4.78, 5) is 8.72. The molecule has 0 spiro atoms. The number of pyridine rings is 1. The van der Waals surface area contributed by atoms with Crippen LogP contribution in [0.5, 0.6) is 5.75 Å². The topological polar surface area (TPSA) is 78.0 Å². The summed E-state index contributed by atoms with van der Waals surface area (Å²) in [7, 11) is 0. The van der Waals surface area contributed by atoms with Gasteiger partial charge in [0.1, 0.15) is 23.2 Å². The second-order valence-electron chi connectivity index (χ2n) is 6.42. The molecule has 0 saturated heterocycles. The second kappa shape index (κ2) is 7.54. The number of hydrogen-bond acceptors (Lipinski definition) is 5. The zero-order chi connectivity index (χ0) is 21.4. The Bertz CT molecular complexity index is 1220. The van der Waals surface area contributed by atoms with Gasteiger partial charge in [-0.05, 0) is 31.2 Å². The molecule has 3 N–H and O–H groups in total. The number of aryl methyl sites for hydroxylation is 1. The van der Waals surface area contributed by atoms with Crippen molar-refractivity contribution in [1.29, 1.82) is 0 Å². The van der Waals surface area contributed by atoms with Gasteiger partial charge in [-0.3, -0.25) is 4.57 Å². The molecule has 0 fully saturated rings. The number of alkyl halides is 2. The van der Waals surface area contributed by atoms with Gasteiger partial charge in [-0.1, -0.05) is 0 Å². The summed E-state index contributed by atoms with van der Waals surface area (Å²) in [6.07, 6.45) is 0. The first kappa shape index (κ1) is 19.5. The van der Waals surface area contributed by atoms with E-state index in [1.54, 1.807) is 23.6 Å². The number of aromatic nitrogens is 3. The molecule has 0 aliphatic rings. The van der Waals surface area contributed by atoms with Crippen molar-refractivity contribution in [3.63, 3.8) is 0 Å². The van der Waals surface area contributed by atoms with Gasteiger partial charge in [0.15, 0.2) is 11.6 Å². The van der Waals surface area contributed by atoms with Gasteiger partial charge in [-0.15, -0.1) is 0 Å². The summed E-state index contributed by atoms with van der Waals surface area (Å²) in [5.74, 6) is -0.803. The molecule has 6 nitrogen and oxygen atoms in total. The Morgan fingerprint density at radius 1 is 1.00 bits per heavy atom. The fourth-order valence-corrected chi connectivity index (χ4v) is 3.07. The third-order valence-electron chi connectivity index (χ3n) is 4.28. The Balaban J connectivity index is 1.70. The summed E-state index contributed by atoms with van der Waals surface area (Å²) < 4.78 is 57.7. The fourth-order valence-electron chi connectivity index (χ4n) is 3.07. The number of nitrogens with two attached hydrogens (primary N) is 1. The number of imidazole rings is 1. The van der Waals surface area contributed by atoms with E-state index in [0.29, 0.717) is 34.4 Å². The summed E-state index contributed by atoms with van der Waals surface area (Å²) in [6.45, 7) is -1.23. The Kier molecular flexibility index (Phi) is 4.90. The number of nitrogens with one attached hydrogen (secondary N) is 1. The molecule has 0 unspecified atom stereocenters. The number of benzene rings is 2. The summed E-state index contributed by atoms with van der Waals surface area (Å²) in [5.41, 5.74) is 7.53. The van der Waals surface area contributed by atoms with Crippen molar-refractivity contribution in [1.82, 2.24) is 14.5 Å². The van der Waals surface area contributed by atoms with Gasteiger partial charge >= 0.3 is 6.61 Å². The minimum Gasteiger partial charge on any atom is -0.435 e. The average molecular weight is 417 g/mol. The lowest BCUT2D eigenvalue weighted by Gasteiger charge is -2.12. The molecule has 2 aromatic heterocycles. The molecule has 2 aromatic carbocycles. The van der Waals surface area contributed by atoms with Crippen molar-refractivity contribution in [3.05, 3.63) is 66.0 Å². The molecular formula is C20H15F4N5O. The number of fused-ring (bicyclic) bond motifs is 1. The van der Waals surface area contributed by atoms with Gasteiger partial charge in [0.2, 0.25) is 0 Å². The average Bonchev–Trinajstić information content (AvgIpc) is 2.97. The zero-order valence-electron chi connectivity index (χ0n) is 15.5. The van der Waals surface area contributed by atoms with Crippen LogP contribution in [0.4, 0.5) is 34.8 Å². The standard InChI is InChI=1S/C20H15F4N5O/c1-10-26-16-8-14(21)15(22)9-17(16)29(10)19-7-11(25)6-18(28-19)27-12-2-4-13(5-3-12)30-20(23)24/h2-9,20H,1H3,(H3,25,27,28). The fraction of sp³-hybridized carbons (Fsp3) is 0.100. The molecule has 0 atom stereocenters. The molecule has 0 saturated carbocycles. The smallest absolute Gasteiger partial charge is 0.387 e. The highest BCUT2D eigenvalue weighted by Gasteiger charge is 2.15. The van der Waals surface area contributed by atoms with Crippen molar-refractivity contribution in [3.8, 4) is 11.6 Å². The lowest BCUT2D eigenvalue weighted by atomic mass is 10.3. The van der Waals surface area contributed by atoms with Crippen LogP contribution in [-0.2, 0) is 0 Å². The number of halogens is 4. The lowest BCUT2D eigenvalue weighted by molar-refractivity contribution is -0.0498. The highest BCUT2D eigenvalue weighted by Crippen LogP contribution is 2.27. The number of anilines is 3. The number of nitrogen functional groups attached to an aromatic ring is 1. The Hall–Kier alpha value is -3.82. The van der Waals surface area contributed by atoms with Gasteiger partial charge in [0, 0.05) is 35.6 Å². The van der Waals surface area contributed by atoms with Gasteiger partial charge in [-0.25, -0.2) is 18.7 Å². The van der Waals surface area contributed by atoms with Gasteiger partial charge in [0.05, 0.1) is 11.0 Å². The lowest BCUT2D eigenvalue weighted by Crippen LogP contribution is -2.05. The Morgan fingerprint density at radius 3 is 2.40 bits per heavy atom. The van der Waals surface area contributed by atoms with Crippen LogP contribution < -0.4 is 15.8 Å². The normalized spacial score (nSPS) is 11.3. The quantitative estimate of drug-likeness (QED) is 0.450. The predicted molar refractivity (Wildman–Crippen MR) is 104 cm³/mol. The Morgan fingerprint density at radius 2 is 1.70 bits per heavy atom. The van der Waals surface area contributed by atoms with E-state index in [4.69, 9.17) is 5.73 Å². The highest BCUT2D eigenvalue weighted by molar-refractivity contribution is 5.78. The maximum Gasteiger partial charge on any atom is 0.387 e. The van der Waals surface area contributed by atoms with E-state index >= 15 is 0 Å². The minimum atomic E-state index is -2.91. The monoisotopic (exact) mass is 417 g/mol. The van der Waals surface area contributed by atoms with Crippen LogP contribution in [0.1, 0.15) is 5.82 Å². The summed E-state index contributed by atoms with van der Waals surface area (Å²) >= 11 is 0. The van der Waals surface area contributed by atoms with E-state index in [2.05, 4.69) is 20.0 Å². The van der Waals surface area contributed by atoms with Crippen LogP contribution >= 0.6 is 0 Å². The van der Waals surface area contributed by atoms with Crippen LogP contribution in [-0.4, -0.2) is 21.1 Å². The van der Waals surface area contributed by atoms with Crippen LogP contribution in [0, 0.1) is 18.6 Å². The van der Waals surface area contributed by atoms with Gasteiger partial charge in [0.25, 0.3) is 0 Å². The first-order valence-electron chi connectivity index (χ1n) is 8.74.